The van der Waals surface area contributed by atoms with E-state index in [1.54, 1.807) is 24.4 Å². The zero-order valence-corrected chi connectivity index (χ0v) is 16.7. The molecule has 0 unspecified atom stereocenters. The number of nitrogens with two attached hydrogens (primary N) is 1. The lowest BCUT2D eigenvalue weighted by Crippen LogP contribution is -2.35. The highest BCUT2D eigenvalue weighted by atomic mass is 19.1. The third-order valence-electron chi connectivity index (χ3n) is 5.56. The van der Waals surface area contributed by atoms with Crippen molar-refractivity contribution in [3.8, 4) is 22.6 Å². The van der Waals surface area contributed by atoms with Crippen molar-refractivity contribution in [2.45, 2.75) is 19.5 Å². The molecular weight excluding hydrogens is 395 g/mol. The van der Waals surface area contributed by atoms with Crippen molar-refractivity contribution in [3.05, 3.63) is 87.7 Å². The summed E-state index contributed by atoms with van der Waals surface area (Å²) in [6.45, 7) is 1.85. The fourth-order valence-electron chi connectivity index (χ4n) is 3.96. The maximum atomic E-state index is 13.6. The summed E-state index contributed by atoms with van der Waals surface area (Å²) >= 11 is 0. The molecule has 0 fully saturated rings. The van der Waals surface area contributed by atoms with E-state index in [9.17, 15) is 9.18 Å². The van der Waals surface area contributed by atoms with Gasteiger partial charge in [-0.2, -0.15) is 5.10 Å². The quantitative estimate of drug-likeness (QED) is 0.444. The summed E-state index contributed by atoms with van der Waals surface area (Å²) in [7, 11) is 0. The van der Waals surface area contributed by atoms with Gasteiger partial charge < -0.3 is 10.7 Å². The van der Waals surface area contributed by atoms with E-state index in [0.29, 0.717) is 36.6 Å². The van der Waals surface area contributed by atoms with Crippen LogP contribution in [0.25, 0.3) is 22.6 Å². The number of hydrogen-bond donors (Lipinski definition) is 3. The molecule has 0 bridgehead atoms. The van der Waals surface area contributed by atoms with Crippen molar-refractivity contribution in [1.82, 2.24) is 25.1 Å². The van der Waals surface area contributed by atoms with Crippen LogP contribution < -0.4 is 11.3 Å². The van der Waals surface area contributed by atoms with Gasteiger partial charge in [0.1, 0.15) is 11.6 Å². The van der Waals surface area contributed by atoms with E-state index in [0.717, 1.165) is 34.6 Å². The third-order valence-corrected chi connectivity index (χ3v) is 5.56. The molecule has 0 aliphatic carbocycles. The van der Waals surface area contributed by atoms with Gasteiger partial charge in [-0.15, -0.1) is 0 Å². The molecule has 7 nitrogen and oxygen atoms in total. The number of hydrogen-bond acceptors (Lipinski definition) is 5. The maximum Gasteiger partial charge on any atom is 0.255 e. The molecule has 0 radical (unpaired) electrons. The maximum absolute atomic E-state index is 13.6. The van der Waals surface area contributed by atoms with Crippen LogP contribution in [-0.4, -0.2) is 31.6 Å². The van der Waals surface area contributed by atoms with Crippen LogP contribution in [0.4, 0.5) is 10.1 Å². The highest BCUT2D eigenvalue weighted by molar-refractivity contribution is 5.62. The molecule has 1 aliphatic rings. The Morgan fingerprint density at radius 2 is 1.97 bits per heavy atom. The van der Waals surface area contributed by atoms with Gasteiger partial charge in [0, 0.05) is 48.4 Å². The lowest BCUT2D eigenvalue weighted by molar-refractivity contribution is 0.242. The van der Waals surface area contributed by atoms with Crippen LogP contribution in [0, 0.1) is 5.82 Å². The SMILES string of the molecule is Nc1ccc(-c2nc3c(c(=O)[nH]2)CN(Cc2cn[nH]c2-c2cccc(F)c2)CC3)cc1. The van der Waals surface area contributed by atoms with Crippen LogP contribution in [-0.2, 0) is 19.5 Å². The number of fused-ring (bicyclic) bond motifs is 1. The van der Waals surface area contributed by atoms with Crippen molar-refractivity contribution >= 4 is 5.69 Å². The van der Waals surface area contributed by atoms with Crippen LogP contribution in [0.15, 0.2) is 59.5 Å². The average Bonchev–Trinajstić information content (AvgIpc) is 3.23. The van der Waals surface area contributed by atoms with Gasteiger partial charge in [-0.05, 0) is 36.4 Å². The molecule has 5 rings (SSSR count). The molecule has 0 saturated carbocycles. The van der Waals surface area contributed by atoms with Crippen molar-refractivity contribution in [3.63, 3.8) is 0 Å². The van der Waals surface area contributed by atoms with E-state index >= 15 is 0 Å². The number of aromatic nitrogens is 4. The number of nitrogens with zero attached hydrogens (tertiary/aromatic N) is 3. The third kappa shape index (κ3) is 3.85. The normalized spacial score (nSPS) is 13.8. The van der Waals surface area contributed by atoms with E-state index in [1.807, 2.05) is 18.2 Å². The second kappa shape index (κ2) is 7.81. The van der Waals surface area contributed by atoms with Crippen molar-refractivity contribution in [2.24, 2.45) is 0 Å². The topological polar surface area (TPSA) is 104 Å². The number of benzene rings is 2. The van der Waals surface area contributed by atoms with E-state index in [4.69, 9.17) is 10.7 Å². The van der Waals surface area contributed by atoms with Crippen molar-refractivity contribution in [1.29, 1.82) is 0 Å². The molecule has 156 valence electrons. The Hall–Kier alpha value is -3.78. The molecule has 4 N–H and O–H groups in total. The van der Waals surface area contributed by atoms with E-state index < -0.39 is 0 Å². The van der Waals surface area contributed by atoms with E-state index in [2.05, 4.69) is 20.1 Å². The molecule has 3 heterocycles. The summed E-state index contributed by atoms with van der Waals surface area (Å²) in [6, 6.07) is 13.7. The highest BCUT2D eigenvalue weighted by Crippen LogP contribution is 2.25. The number of H-pyrrole nitrogens is 2. The Morgan fingerprint density at radius 1 is 1.13 bits per heavy atom. The number of rotatable bonds is 4. The van der Waals surface area contributed by atoms with Gasteiger partial charge in [0.05, 0.1) is 23.1 Å². The van der Waals surface area contributed by atoms with Gasteiger partial charge in [0.15, 0.2) is 0 Å². The number of halogens is 1. The van der Waals surface area contributed by atoms with Crippen molar-refractivity contribution in [2.75, 3.05) is 12.3 Å². The number of nitrogens with one attached hydrogen (secondary N) is 2. The summed E-state index contributed by atoms with van der Waals surface area (Å²) in [6.07, 6.45) is 2.43. The molecule has 0 saturated heterocycles. The fraction of sp³-hybridized carbons (Fsp3) is 0.174. The lowest BCUT2D eigenvalue weighted by atomic mass is 10.0. The minimum Gasteiger partial charge on any atom is -0.399 e. The second-order valence-electron chi connectivity index (χ2n) is 7.70. The molecule has 0 spiro atoms. The molecule has 4 aromatic rings. The Kier molecular flexibility index (Phi) is 4.83. The molecule has 8 heteroatoms. The van der Waals surface area contributed by atoms with Crippen LogP contribution in [0.1, 0.15) is 16.8 Å². The van der Waals surface area contributed by atoms with Crippen molar-refractivity contribution < 1.29 is 4.39 Å². The molecule has 0 amide bonds. The summed E-state index contributed by atoms with van der Waals surface area (Å²) in [5, 5.41) is 7.11. The Morgan fingerprint density at radius 3 is 2.77 bits per heavy atom. The Balaban J connectivity index is 1.38. The predicted octanol–water partition coefficient (Wildman–Crippen LogP) is 3.11. The molecule has 2 aromatic heterocycles. The fourth-order valence-corrected chi connectivity index (χ4v) is 3.96. The predicted molar refractivity (Wildman–Crippen MR) is 117 cm³/mol. The zero-order chi connectivity index (χ0) is 21.4. The minimum absolute atomic E-state index is 0.126. The van der Waals surface area contributed by atoms with Gasteiger partial charge in [-0.25, -0.2) is 9.37 Å². The van der Waals surface area contributed by atoms with Gasteiger partial charge in [0.25, 0.3) is 5.56 Å². The van der Waals surface area contributed by atoms with E-state index in [-0.39, 0.29) is 11.4 Å². The monoisotopic (exact) mass is 416 g/mol. The minimum atomic E-state index is -0.292. The first kappa shape index (κ1) is 19.2. The van der Waals surface area contributed by atoms with Crippen LogP contribution in [0.3, 0.4) is 0 Å². The highest BCUT2D eigenvalue weighted by Gasteiger charge is 2.23. The first-order valence-electron chi connectivity index (χ1n) is 10.1. The first-order chi connectivity index (χ1) is 15.1. The number of aromatic amines is 2. The number of anilines is 1. The molecule has 31 heavy (non-hydrogen) atoms. The molecule has 1 aliphatic heterocycles. The van der Waals surface area contributed by atoms with Crippen LogP contribution in [0.5, 0.6) is 0 Å². The smallest absolute Gasteiger partial charge is 0.255 e. The standard InChI is InChI=1S/C23H21FN6O/c24-17-3-1-2-15(10-17)21-16(11-26-29-21)12-30-9-8-20-19(13-30)23(31)28-22(27-20)14-4-6-18(25)7-5-14/h1-7,10-11H,8-9,12-13,25H2,(H,26,29)(H,27,28,31). The summed E-state index contributed by atoms with van der Waals surface area (Å²) in [5.41, 5.74) is 11.1. The Labute approximate surface area is 177 Å². The van der Waals surface area contributed by atoms with Gasteiger partial charge in [-0.3, -0.25) is 14.8 Å². The zero-order valence-electron chi connectivity index (χ0n) is 16.7. The second-order valence-corrected chi connectivity index (χ2v) is 7.70. The van der Waals surface area contributed by atoms with Crippen LogP contribution >= 0.6 is 0 Å². The summed E-state index contributed by atoms with van der Waals surface area (Å²) in [4.78, 5) is 22.6. The summed E-state index contributed by atoms with van der Waals surface area (Å²) in [5.74, 6) is 0.264. The molecule has 2 aromatic carbocycles. The molecular formula is C23H21FN6O. The van der Waals surface area contributed by atoms with Gasteiger partial charge >= 0.3 is 0 Å². The first-order valence-corrected chi connectivity index (χ1v) is 10.1. The van der Waals surface area contributed by atoms with Crippen LogP contribution in [0.2, 0.25) is 0 Å². The van der Waals surface area contributed by atoms with Gasteiger partial charge in [-0.1, -0.05) is 12.1 Å². The molecule has 0 atom stereocenters. The Bertz CT molecular complexity index is 1290. The average molecular weight is 416 g/mol. The summed E-state index contributed by atoms with van der Waals surface area (Å²) < 4.78 is 13.6. The largest absolute Gasteiger partial charge is 0.399 e. The van der Waals surface area contributed by atoms with E-state index in [1.165, 1.54) is 12.1 Å². The van der Waals surface area contributed by atoms with Gasteiger partial charge in [0.2, 0.25) is 0 Å². The number of nitrogen functional groups attached to an aromatic ring is 1. The lowest BCUT2D eigenvalue weighted by Gasteiger charge is -2.27.